The van der Waals surface area contributed by atoms with Crippen LogP contribution in [0.5, 0.6) is 0 Å². The van der Waals surface area contributed by atoms with Gasteiger partial charge in [-0.2, -0.15) is 0 Å². The maximum Gasteiger partial charge on any atom is 0.0873 e. The number of aryl methyl sites for hydroxylation is 2. The van der Waals surface area contributed by atoms with Gasteiger partial charge < -0.3 is 15.2 Å². The van der Waals surface area contributed by atoms with E-state index in [0.717, 1.165) is 26.1 Å². The summed E-state index contributed by atoms with van der Waals surface area (Å²) in [7, 11) is -1.22. The Hall–Kier alpha value is -1.69. The van der Waals surface area contributed by atoms with Crippen molar-refractivity contribution in [3.05, 3.63) is 58.8 Å². The summed E-state index contributed by atoms with van der Waals surface area (Å²) < 4.78 is 13.1. The van der Waals surface area contributed by atoms with Gasteiger partial charge in [0.25, 0.3) is 0 Å². The maximum atomic E-state index is 13.1. The highest BCUT2D eigenvalue weighted by molar-refractivity contribution is 7.85. The van der Waals surface area contributed by atoms with E-state index in [0.29, 0.717) is 26.2 Å². The van der Waals surface area contributed by atoms with E-state index < -0.39 is 10.8 Å². The standard InChI is InChI=1S/C18H21N2O2S/c1-14-7-8-17(15(2)13-14)23(22)18-6-4-3-5-16(18)19-9-11-20(21)12-10-19/h3-8,13H,9-12H2,1-2H3/q-1. The molecule has 0 radical (unpaired) electrons. The van der Waals surface area contributed by atoms with Gasteiger partial charge in [0.2, 0.25) is 0 Å². The highest BCUT2D eigenvalue weighted by atomic mass is 32.2. The van der Waals surface area contributed by atoms with Crippen LogP contribution in [-0.4, -0.2) is 35.5 Å². The molecule has 2 aromatic rings. The topological polar surface area (TPSA) is 46.6 Å². The fourth-order valence-corrected chi connectivity index (χ4v) is 4.30. The molecule has 1 atom stereocenters. The smallest absolute Gasteiger partial charge is 0.0873 e. The first-order chi connectivity index (χ1) is 11.1. The summed E-state index contributed by atoms with van der Waals surface area (Å²) in [4.78, 5) is 3.83. The summed E-state index contributed by atoms with van der Waals surface area (Å²) in [6.45, 7) is 6.36. The van der Waals surface area contributed by atoms with E-state index in [-0.39, 0.29) is 0 Å². The molecule has 0 N–H and O–H groups in total. The molecule has 0 aliphatic carbocycles. The molecule has 0 amide bonds. The third-order valence-electron chi connectivity index (χ3n) is 4.17. The Morgan fingerprint density at radius 1 is 0.957 bits per heavy atom. The van der Waals surface area contributed by atoms with Crippen LogP contribution in [0.1, 0.15) is 11.1 Å². The number of hydroxylamine groups is 2. The van der Waals surface area contributed by atoms with Crippen molar-refractivity contribution in [2.45, 2.75) is 23.6 Å². The summed E-state index contributed by atoms with van der Waals surface area (Å²) in [6.07, 6.45) is 0. The van der Waals surface area contributed by atoms with Crippen LogP contribution in [-0.2, 0) is 10.8 Å². The van der Waals surface area contributed by atoms with E-state index in [9.17, 15) is 9.42 Å². The van der Waals surface area contributed by atoms with E-state index in [1.165, 1.54) is 5.56 Å². The van der Waals surface area contributed by atoms with Crippen LogP contribution in [0.3, 0.4) is 0 Å². The molecule has 122 valence electrons. The zero-order valence-corrected chi connectivity index (χ0v) is 14.3. The van der Waals surface area contributed by atoms with Crippen LogP contribution in [0.25, 0.3) is 0 Å². The van der Waals surface area contributed by atoms with Gasteiger partial charge in [0.1, 0.15) is 0 Å². The zero-order chi connectivity index (χ0) is 16.4. The Kier molecular flexibility index (Phi) is 4.80. The monoisotopic (exact) mass is 329 g/mol. The van der Waals surface area contributed by atoms with Gasteiger partial charge in [-0.25, -0.2) is 4.21 Å². The quantitative estimate of drug-likeness (QED) is 0.868. The van der Waals surface area contributed by atoms with Crippen LogP contribution in [0.15, 0.2) is 52.3 Å². The third kappa shape index (κ3) is 3.47. The first-order valence-corrected chi connectivity index (χ1v) is 8.96. The zero-order valence-electron chi connectivity index (χ0n) is 13.5. The molecule has 1 aliphatic rings. The van der Waals surface area contributed by atoms with Crippen molar-refractivity contribution in [2.24, 2.45) is 0 Å². The molecule has 2 aromatic carbocycles. The van der Waals surface area contributed by atoms with Crippen molar-refractivity contribution in [1.82, 2.24) is 5.06 Å². The molecule has 4 nitrogen and oxygen atoms in total. The third-order valence-corrected chi connectivity index (χ3v) is 5.78. The van der Waals surface area contributed by atoms with Crippen LogP contribution >= 0.6 is 0 Å². The van der Waals surface area contributed by atoms with Gasteiger partial charge in [0, 0.05) is 31.1 Å². The Bertz CT molecular complexity index is 725. The molecular formula is C18H21N2O2S-. The number of anilines is 1. The van der Waals surface area contributed by atoms with Gasteiger partial charge >= 0.3 is 0 Å². The summed E-state index contributed by atoms with van der Waals surface area (Å²) >= 11 is 0. The van der Waals surface area contributed by atoms with Crippen molar-refractivity contribution in [3.8, 4) is 0 Å². The lowest BCUT2D eigenvalue weighted by Crippen LogP contribution is -2.44. The minimum Gasteiger partial charge on any atom is -0.785 e. The van der Waals surface area contributed by atoms with Gasteiger partial charge in [-0.1, -0.05) is 29.8 Å². The van der Waals surface area contributed by atoms with Gasteiger partial charge in [0.05, 0.1) is 21.4 Å². The van der Waals surface area contributed by atoms with E-state index in [2.05, 4.69) is 11.0 Å². The second kappa shape index (κ2) is 6.83. The van der Waals surface area contributed by atoms with E-state index >= 15 is 0 Å². The lowest BCUT2D eigenvalue weighted by molar-refractivity contribution is 0.350. The van der Waals surface area contributed by atoms with Crippen molar-refractivity contribution in [2.75, 3.05) is 31.1 Å². The number of hydrogen-bond donors (Lipinski definition) is 0. The average molecular weight is 329 g/mol. The molecule has 0 bridgehead atoms. The SMILES string of the molecule is Cc1ccc(S(=O)c2ccccc2N2CCN([O-])CC2)c(C)c1. The minimum atomic E-state index is -1.22. The summed E-state index contributed by atoms with van der Waals surface area (Å²) in [5.41, 5.74) is 3.18. The highest BCUT2D eigenvalue weighted by Crippen LogP contribution is 2.29. The molecule has 0 spiro atoms. The average Bonchev–Trinajstić information content (AvgIpc) is 2.55. The summed E-state index contributed by atoms with van der Waals surface area (Å²) in [5.74, 6) is 0. The molecule has 1 aliphatic heterocycles. The largest absolute Gasteiger partial charge is 0.785 e. The highest BCUT2D eigenvalue weighted by Gasteiger charge is 2.19. The van der Waals surface area contributed by atoms with Crippen molar-refractivity contribution >= 4 is 16.5 Å². The van der Waals surface area contributed by atoms with E-state index in [1.807, 2.05) is 50.2 Å². The second-order valence-electron chi connectivity index (χ2n) is 5.92. The number of para-hydroxylation sites is 1. The molecule has 0 saturated carbocycles. The second-order valence-corrected chi connectivity index (χ2v) is 7.34. The maximum absolute atomic E-state index is 13.1. The van der Waals surface area contributed by atoms with Crippen molar-refractivity contribution in [1.29, 1.82) is 0 Å². The lowest BCUT2D eigenvalue weighted by atomic mass is 10.2. The Morgan fingerprint density at radius 3 is 2.35 bits per heavy atom. The lowest BCUT2D eigenvalue weighted by Gasteiger charge is -2.40. The van der Waals surface area contributed by atoms with Gasteiger partial charge in [-0.3, -0.25) is 0 Å². The fourth-order valence-electron chi connectivity index (χ4n) is 2.93. The van der Waals surface area contributed by atoms with Crippen molar-refractivity contribution < 1.29 is 4.21 Å². The molecule has 0 aromatic heterocycles. The van der Waals surface area contributed by atoms with Crippen molar-refractivity contribution in [3.63, 3.8) is 0 Å². The Labute approximate surface area is 139 Å². The summed E-state index contributed by atoms with van der Waals surface area (Å²) in [5, 5.41) is 12.5. The minimum absolute atomic E-state index is 0.491. The Morgan fingerprint density at radius 2 is 1.65 bits per heavy atom. The Balaban J connectivity index is 1.95. The van der Waals surface area contributed by atoms with E-state index in [4.69, 9.17) is 0 Å². The van der Waals surface area contributed by atoms with Gasteiger partial charge in [-0.15, -0.1) is 0 Å². The van der Waals surface area contributed by atoms with Gasteiger partial charge in [0.15, 0.2) is 0 Å². The molecular weight excluding hydrogens is 308 g/mol. The normalized spacial score (nSPS) is 17.3. The number of nitrogens with zero attached hydrogens (tertiary/aromatic N) is 2. The predicted molar refractivity (Wildman–Crippen MR) is 94.2 cm³/mol. The van der Waals surface area contributed by atoms with Crippen LogP contribution in [0.2, 0.25) is 0 Å². The fraction of sp³-hybridized carbons (Fsp3) is 0.333. The molecule has 5 heteroatoms. The number of benzene rings is 2. The number of piperazine rings is 1. The van der Waals surface area contributed by atoms with Crippen LogP contribution in [0.4, 0.5) is 5.69 Å². The number of rotatable bonds is 3. The van der Waals surface area contributed by atoms with Crippen LogP contribution in [0, 0.1) is 19.1 Å². The molecule has 1 fully saturated rings. The molecule has 1 heterocycles. The van der Waals surface area contributed by atoms with E-state index in [1.54, 1.807) is 0 Å². The molecule has 1 saturated heterocycles. The molecule has 3 rings (SSSR count). The molecule has 1 unspecified atom stereocenters. The first kappa shape index (κ1) is 16.2. The van der Waals surface area contributed by atoms with Crippen LogP contribution < -0.4 is 4.90 Å². The van der Waals surface area contributed by atoms with Gasteiger partial charge in [-0.05, 0) is 37.6 Å². The predicted octanol–water partition coefficient (Wildman–Crippen LogP) is 3.09. The number of hydrogen-bond acceptors (Lipinski definition) is 4. The summed E-state index contributed by atoms with van der Waals surface area (Å²) in [6, 6.07) is 13.8. The first-order valence-electron chi connectivity index (χ1n) is 7.81. The molecule has 23 heavy (non-hydrogen) atoms.